The molecular formula is C32H35F3N8O2S. The van der Waals surface area contributed by atoms with Crippen molar-refractivity contribution in [3.8, 4) is 17.3 Å². The second kappa shape index (κ2) is 10.5. The van der Waals surface area contributed by atoms with Gasteiger partial charge in [-0.05, 0) is 63.6 Å². The number of alkyl halides is 1. The third-order valence-corrected chi connectivity index (χ3v) is 11.8. The molecule has 0 radical (unpaired) electrons. The molecule has 4 saturated heterocycles. The van der Waals surface area contributed by atoms with Crippen molar-refractivity contribution >= 4 is 43.4 Å². The van der Waals surface area contributed by atoms with E-state index in [1.165, 1.54) is 16.7 Å². The van der Waals surface area contributed by atoms with E-state index in [9.17, 15) is 13.6 Å². The quantitative estimate of drug-likeness (QED) is 0.310. The third kappa shape index (κ3) is 4.35. The Bertz CT molecular complexity index is 1940. The Hall–Kier alpha value is -3.49. The minimum absolute atomic E-state index is 0.0186. The maximum atomic E-state index is 17.3. The molecule has 4 aromatic rings. The molecule has 2 bridgehead atoms. The highest BCUT2D eigenvalue weighted by Crippen LogP contribution is 2.43. The molecule has 1 aliphatic carbocycles. The zero-order valence-electron chi connectivity index (χ0n) is 25.3. The van der Waals surface area contributed by atoms with Crippen molar-refractivity contribution in [3.63, 3.8) is 0 Å². The summed E-state index contributed by atoms with van der Waals surface area (Å²) >= 11 is 0.984. The molecule has 3 aromatic heterocycles. The number of pyridine rings is 1. The Balaban J connectivity index is 1.25. The van der Waals surface area contributed by atoms with Gasteiger partial charge < -0.3 is 25.3 Å². The van der Waals surface area contributed by atoms with Gasteiger partial charge in [-0.25, -0.2) is 18.2 Å². The summed E-state index contributed by atoms with van der Waals surface area (Å²) in [6.07, 6.45) is 5.56. The molecule has 0 amide bonds. The van der Waals surface area contributed by atoms with Gasteiger partial charge in [0.25, 0.3) is 5.56 Å². The molecule has 5 fully saturated rings. The molecule has 1 aromatic carbocycles. The van der Waals surface area contributed by atoms with Gasteiger partial charge in [-0.3, -0.25) is 9.69 Å². The fourth-order valence-corrected chi connectivity index (χ4v) is 9.32. The Morgan fingerprint density at radius 1 is 1.04 bits per heavy atom. The zero-order chi connectivity index (χ0) is 31.3. The predicted octanol–water partition coefficient (Wildman–Crippen LogP) is 4.55. The second-order valence-corrected chi connectivity index (χ2v) is 14.7. The zero-order valence-corrected chi connectivity index (χ0v) is 26.1. The summed E-state index contributed by atoms with van der Waals surface area (Å²) in [5.41, 5.74) is 5.52. The SMILES string of the molecule is Nc1nc2c(-c3c(F)c4nc(OC[C@@]56CCCN5C[C@H](F)C6)nc(N5CC6CCC(C5)N6)c4c(=O)n3C3CCC3)ccc(F)c2s1. The highest BCUT2D eigenvalue weighted by molar-refractivity contribution is 7.22. The van der Waals surface area contributed by atoms with Gasteiger partial charge in [-0.15, -0.1) is 0 Å². The Morgan fingerprint density at radius 2 is 1.85 bits per heavy atom. The van der Waals surface area contributed by atoms with Crippen LogP contribution in [0.2, 0.25) is 0 Å². The van der Waals surface area contributed by atoms with Crippen molar-refractivity contribution in [2.75, 3.05) is 43.4 Å². The largest absolute Gasteiger partial charge is 0.461 e. The van der Waals surface area contributed by atoms with Crippen LogP contribution in [-0.2, 0) is 0 Å². The minimum atomic E-state index is -0.925. The monoisotopic (exact) mass is 652 g/mol. The van der Waals surface area contributed by atoms with Crippen molar-refractivity contribution in [2.45, 2.75) is 81.2 Å². The molecular weight excluding hydrogens is 617 g/mol. The van der Waals surface area contributed by atoms with E-state index < -0.39 is 23.3 Å². The van der Waals surface area contributed by atoms with E-state index >= 15 is 4.39 Å². The summed E-state index contributed by atoms with van der Waals surface area (Å²) in [5, 5.41) is 3.87. The van der Waals surface area contributed by atoms with Gasteiger partial charge >= 0.3 is 6.01 Å². The van der Waals surface area contributed by atoms with Crippen LogP contribution in [0, 0.1) is 11.6 Å². The molecule has 3 N–H and O–H groups in total. The van der Waals surface area contributed by atoms with Crippen LogP contribution in [0.25, 0.3) is 32.4 Å². The average molecular weight is 653 g/mol. The highest BCUT2D eigenvalue weighted by atomic mass is 32.1. The van der Waals surface area contributed by atoms with Crippen molar-refractivity contribution in [1.29, 1.82) is 0 Å². The highest BCUT2D eigenvalue weighted by Gasteiger charge is 2.49. The van der Waals surface area contributed by atoms with Crippen molar-refractivity contribution < 1.29 is 17.9 Å². The van der Waals surface area contributed by atoms with Gasteiger partial charge in [-0.2, -0.15) is 9.97 Å². The van der Waals surface area contributed by atoms with Crippen LogP contribution in [0.15, 0.2) is 16.9 Å². The van der Waals surface area contributed by atoms with Crippen LogP contribution in [-0.4, -0.2) is 81.0 Å². The molecule has 4 atom stereocenters. The molecule has 0 spiro atoms. The number of aromatic nitrogens is 4. The van der Waals surface area contributed by atoms with E-state index in [4.69, 9.17) is 15.5 Å². The molecule has 9 rings (SSSR count). The molecule has 4 aliphatic heterocycles. The second-order valence-electron chi connectivity index (χ2n) is 13.7. The van der Waals surface area contributed by atoms with Gasteiger partial charge in [0.2, 0.25) is 0 Å². The number of hydrogen-bond donors (Lipinski definition) is 2. The van der Waals surface area contributed by atoms with E-state index in [1.54, 1.807) is 0 Å². The maximum absolute atomic E-state index is 17.3. The maximum Gasteiger partial charge on any atom is 0.319 e. The fourth-order valence-electron chi connectivity index (χ4n) is 8.56. The topological polar surface area (TPSA) is 114 Å². The minimum Gasteiger partial charge on any atom is -0.461 e. The van der Waals surface area contributed by atoms with E-state index in [1.807, 2.05) is 0 Å². The number of hydrogen-bond acceptors (Lipinski definition) is 10. The van der Waals surface area contributed by atoms with E-state index in [-0.39, 0.29) is 73.8 Å². The predicted molar refractivity (Wildman–Crippen MR) is 170 cm³/mol. The number of nitrogen functional groups attached to an aromatic ring is 1. The molecule has 5 aliphatic rings. The number of nitrogens with two attached hydrogens (primary N) is 1. The molecule has 242 valence electrons. The lowest BCUT2D eigenvalue weighted by molar-refractivity contribution is 0.107. The fraction of sp³-hybridized carbons (Fsp3) is 0.562. The lowest BCUT2D eigenvalue weighted by Crippen LogP contribution is -2.51. The first-order valence-electron chi connectivity index (χ1n) is 16.3. The summed E-state index contributed by atoms with van der Waals surface area (Å²) in [5.74, 6) is -0.860. The number of fused-ring (bicyclic) bond motifs is 5. The molecule has 46 heavy (non-hydrogen) atoms. The lowest BCUT2D eigenvalue weighted by Gasteiger charge is -2.35. The first-order valence-corrected chi connectivity index (χ1v) is 17.1. The summed E-state index contributed by atoms with van der Waals surface area (Å²) in [4.78, 5) is 32.6. The van der Waals surface area contributed by atoms with Crippen molar-refractivity contribution in [3.05, 3.63) is 34.1 Å². The lowest BCUT2D eigenvalue weighted by atomic mass is 9.91. The number of benzene rings is 1. The van der Waals surface area contributed by atoms with Gasteiger partial charge in [0, 0.05) is 49.7 Å². The number of ether oxygens (including phenoxy) is 1. The van der Waals surface area contributed by atoms with Crippen LogP contribution >= 0.6 is 11.3 Å². The van der Waals surface area contributed by atoms with Crippen molar-refractivity contribution in [2.24, 2.45) is 0 Å². The Labute approximate surface area is 266 Å². The van der Waals surface area contributed by atoms with Crippen molar-refractivity contribution in [1.82, 2.24) is 29.7 Å². The van der Waals surface area contributed by atoms with E-state index in [2.05, 4.69) is 25.1 Å². The molecule has 1 saturated carbocycles. The third-order valence-electron chi connectivity index (χ3n) is 10.9. The number of nitrogens with one attached hydrogen (secondary N) is 1. The average Bonchev–Trinajstić information content (AvgIpc) is 3.76. The van der Waals surface area contributed by atoms with Crippen LogP contribution < -0.4 is 26.2 Å². The normalized spacial score (nSPS) is 28.0. The smallest absolute Gasteiger partial charge is 0.319 e. The number of rotatable bonds is 6. The number of piperazine rings is 1. The number of anilines is 2. The van der Waals surface area contributed by atoms with E-state index in [0.29, 0.717) is 44.7 Å². The summed E-state index contributed by atoms with van der Waals surface area (Å²) < 4.78 is 54.7. The van der Waals surface area contributed by atoms with Gasteiger partial charge in [-0.1, -0.05) is 11.3 Å². The Kier molecular flexibility index (Phi) is 6.56. The van der Waals surface area contributed by atoms with Gasteiger partial charge in [0.1, 0.15) is 35.3 Å². The van der Waals surface area contributed by atoms with Crippen LogP contribution in [0.3, 0.4) is 0 Å². The molecule has 10 nitrogen and oxygen atoms in total. The van der Waals surface area contributed by atoms with Crippen LogP contribution in [0.4, 0.5) is 24.1 Å². The van der Waals surface area contributed by atoms with Crippen LogP contribution in [0.1, 0.15) is 57.4 Å². The van der Waals surface area contributed by atoms with Gasteiger partial charge in [0.05, 0.1) is 21.4 Å². The Morgan fingerprint density at radius 3 is 2.61 bits per heavy atom. The summed E-state index contributed by atoms with van der Waals surface area (Å²) in [7, 11) is 0. The molecule has 7 heterocycles. The van der Waals surface area contributed by atoms with Gasteiger partial charge in [0.15, 0.2) is 10.9 Å². The number of halogens is 3. The standard InChI is InChI=1S/C32H35F3N8O2S/c33-16-11-32(9-2-10-42(32)12-16)15-45-31-39-25-22(28(40-31)41-13-17-5-6-18(14-41)37-17)29(44)43(19-3-1-4-19)26(23(25)35)20-7-8-21(34)27-24(20)38-30(36)46-27/h7-8,16-19,37H,1-6,9-15H2,(H2,36,38)/t16-,17?,18?,32+/m1/s1. The molecule has 2 unspecified atom stereocenters. The first kappa shape index (κ1) is 28.7. The number of nitrogens with zero attached hydrogens (tertiary/aromatic N) is 6. The van der Waals surface area contributed by atoms with E-state index in [0.717, 1.165) is 50.0 Å². The first-order chi connectivity index (χ1) is 22.3. The summed E-state index contributed by atoms with van der Waals surface area (Å²) in [6.45, 7) is 2.60. The number of thiazole rings is 1. The summed E-state index contributed by atoms with van der Waals surface area (Å²) in [6, 6.07) is 2.93. The van der Waals surface area contributed by atoms with Crippen LogP contribution in [0.5, 0.6) is 6.01 Å². The molecule has 14 heteroatoms.